The number of imidazole rings is 1. The lowest BCUT2D eigenvalue weighted by molar-refractivity contribution is -0.146. The average molecular weight is 405 g/mol. The molecule has 0 aromatic carbocycles. The smallest absolute Gasteiger partial charge is 0.330 e. The largest absolute Gasteiger partial charge is 0.469 e. The summed E-state index contributed by atoms with van der Waals surface area (Å²) >= 11 is 0. The number of pyridine rings is 1. The van der Waals surface area contributed by atoms with Gasteiger partial charge in [-0.25, -0.2) is 9.78 Å². The number of rotatable bonds is 6. The lowest BCUT2D eigenvalue weighted by atomic mass is 9.82. The van der Waals surface area contributed by atoms with Crippen molar-refractivity contribution in [3.63, 3.8) is 0 Å². The Morgan fingerprint density at radius 2 is 1.90 bits per heavy atom. The van der Waals surface area contributed by atoms with Crippen LogP contribution in [0.5, 0.6) is 0 Å². The normalized spacial score (nSPS) is 18.8. The topological polar surface area (TPSA) is 69.4 Å². The molecule has 0 spiro atoms. The van der Waals surface area contributed by atoms with E-state index in [0.29, 0.717) is 12.5 Å². The first kappa shape index (κ1) is 23.0. The fourth-order valence-corrected chi connectivity index (χ4v) is 4.10. The predicted octanol–water partition coefficient (Wildman–Crippen LogP) is 3.59. The van der Waals surface area contributed by atoms with Crippen molar-refractivity contribution >= 4 is 23.0 Å². The van der Waals surface area contributed by atoms with E-state index in [1.165, 1.54) is 7.11 Å². The molecule has 29 heavy (non-hydrogen) atoms. The summed E-state index contributed by atoms with van der Waals surface area (Å²) in [5.74, 6) is 1.16. The highest BCUT2D eigenvalue weighted by atomic mass is 16.5. The Morgan fingerprint density at radius 1 is 1.24 bits per heavy atom. The van der Waals surface area contributed by atoms with Crippen molar-refractivity contribution in [3.8, 4) is 0 Å². The molecule has 2 aromatic heterocycles. The van der Waals surface area contributed by atoms with Gasteiger partial charge in [0.05, 0.1) is 18.5 Å². The van der Waals surface area contributed by atoms with E-state index in [0.717, 1.165) is 55.6 Å². The molecule has 3 rings (SSSR count). The van der Waals surface area contributed by atoms with E-state index < -0.39 is 0 Å². The zero-order valence-corrected chi connectivity index (χ0v) is 18.8. The molecule has 0 unspecified atom stereocenters. The van der Waals surface area contributed by atoms with Crippen LogP contribution in [0.15, 0.2) is 16.9 Å². The molecule has 0 aliphatic heterocycles. The maximum atomic E-state index is 12.8. The fourth-order valence-electron chi connectivity index (χ4n) is 4.10. The van der Waals surface area contributed by atoms with Crippen LogP contribution in [0.1, 0.15) is 52.9 Å². The number of aromatic nitrogens is 3. The van der Waals surface area contributed by atoms with Crippen molar-refractivity contribution in [2.45, 2.75) is 59.4 Å². The van der Waals surface area contributed by atoms with Crippen LogP contribution in [0.25, 0.3) is 11.2 Å². The highest BCUT2D eigenvalue weighted by molar-refractivity contribution is 5.74. The molecule has 162 valence electrons. The molecule has 0 saturated heterocycles. The number of hydrogen-bond acceptors (Lipinski definition) is 5. The second-order valence-corrected chi connectivity index (χ2v) is 7.63. The molecule has 1 aliphatic carbocycles. The van der Waals surface area contributed by atoms with Gasteiger partial charge in [0.15, 0.2) is 5.65 Å². The van der Waals surface area contributed by atoms with Crippen molar-refractivity contribution in [2.24, 2.45) is 18.9 Å². The summed E-state index contributed by atoms with van der Waals surface area (Å²) in [6.07, 6.45) is 4.56. The number of aryl methyl sites for hydroxylation is 1. The van der Waals surface area contributed by atoms with Gasteiger partial charge in [0.25, 0.3) is 0 Å². The van der Waals surface area contributed by atoms with Gasteiger partial charge in [-0.1, -0.05) is 20.8 Å². The van der Waals surface area contributed by atoms with E-state index in [2.05, 4.69) is 11.8 Å². The third-order valence-electron chi connectivity index (χ3n) is 5.75. The third-order valence-corrected chi connectivity index (χ3v) is 5.75. The van der Waals surface area contributed by atoms with Crippen molar-refractivity contribution in [1.29, 1.82) is 0 Å². The predicted molar refractivity (Wildman–Crippen MR) is 117 cm³/mol. The van der Waals surface area contributed by atoms with E-state index in [-0.39, 0.29) is 17.6 Å². The zero-order chi connectivity index (χ0) is 21.6. The second-order valence-electron chi connectivity index (χ2n) is 7.63. The van der Waals surface area contributed by atoms with Gasteiger partial charge in [0.1, 0.15) is 5.82 Å². The summed E-state index contributed by atoms with van der Waals surface area (Å²) in [7, 11) is 5.27. The van der Waals surface area contributed by atoms with E-state index in [1.54, 1.807) is 11.6 Å². The van der Waals surface area contributed by atoms with Crippen LogP contribution in [0.2, 0.25) is 0 Å². The highest BCUT2D eigenvalue weighted by Gasteiger charge is 2.28. The summed E-state index contributed by atoms with van der Waals surface area (Å²) < 4.78 is 8.35. The van der Waals surface area contributed by atoms with Crippen LogP contribution in [-0.4, -0.2) is 40.8 Å². The number of nitrogens with zero attached hydrogens (tertiary/aromatic N) is 4. The lowest BCUT2D eigenvalue weighted by Crippen LogP contribution is -2.29. The Labute approximate surface area is 173 Å². The van der Waals surface area contributed by atoms with Gasteiger partial charge in [-0.3, -0.25) is 13.9 Å². The second kappa shape index (κ2) is 10.5. The number of carbonyl (C=O) groups is 1. The van der Waals surface area contributed by atoms with Crippen molar-refractivity contribution in [3.05, 3.63) is 22.6 Å². The van der Waals surface area contributed by atoms with Gasteiger partial charge in [-0.2, -0.15) is 0 Å². The number of carbonyl (C=O) groups excluding carboxylic acids is 1. The first-order chi connectivity index (χ1) is 14.0. The molecule has 1 saturated carbocycles. The molecular weight excluding hydrogens is 368 g/mol. The maximum Gasteiger partial charge on any atom is 0.330 e. The van der Waals surface area contributed by atoms with Crippen LogP contribution in [0.3, 0.4) is 0 Å². The fraction of sp³-hybridized carbons (Fsp3) is 0.682. The number of ether oxygens (including phenoxy) is 1. The molecule has 0 N–H and O–H groups in total. The van der Waals surface area contributed by atoms with Gasteiger partial charge >= 0.3 is 11.7 Å². The average Bonchev–Trinajstić information content (AvgIpc) is 2.99. The van der Waals surface area contributed by atoms with Crippen molar-refractivity contribution < 1.29 is 9.53 Å². The molecule has 0 radical (unpaired) electrons. The number of anilines is 1. The van der Waals surface area contributed by atoms with E-state index in [9.17, 15) is 9.59 Å². The minimum atomic E-state index is -0.110. The molecule has 1 fully saturated rings. The van der Waals surface area contributed by atoms with Gasteiger partial charge in [-0.05, 0) is 50.2 Å². The standard InChI is InChI=1S/C20H30N4O3.C2H6/c1-5-12-22(2)17-11-10-16-18(21-17)24(20(26)23(16)3)13-14-6-8-15(9-7-14)19(25)27-4;1-2/h10-11,14-15H,5-9,12-13H2,1-4H3;1-2H3. The lowest BCUT2D eigenvalue weighted by Gasteiger charge is -2.27. The summed E-state index contributed by atoms with van der Waals surface area (Å²) in [6, 6.07) is 3.96. The summed E-state index contributed by atoms with van der Waals surface area (Å²) in [6.45, 7) is 7.71. The van der Waals surface area contributed by atoms with E-state index in [4.69, 9.17) is 9.72 Å². The Balaban J connectivity index is 0.00000145. The molecule has 0 atom stereocenters. The number of esters is 1. The van der Waals surface area contributed by atoms with Crippen LogP contribution in [-0.2, 0) is 23.1 Å². The molecule has 1 aliphatic rings. The van der Waals surface area contributed by atoms with Crippen molar-refractivity contribution in [2.75, 3.05) is 25.6 Å². The molecule has 2 aromatic rings. The Bertz CT molecular complexity index is 863. The zero-order valence-electron chi connectivity index (χ0n) is 18.8. The maximum absolute atomic E-state index is 12.8. The first-order valence-corrected chi connectivity index (χ1v) is 10.8. The number of fused-ring (bicyclic) bond motifs is 1. The van der Waals surface area contributed by atoms with Gasteiger partial charge in [-0.15, -0.1) is 0 Å². The monoisotopic (exact) mass is 404 g/mol. The Kier molecular flexibility index (Phi) is 8.29. The van der Waals surface area contributed by atoms with E-state index in [1.807, 2.05) is 37.6 Å². The minimum Gasteiger partial charge on any atom is -0.469 e. The Morgan fingerprint density at radius 3 is 2.48 bits per heavy atom. The molecule has 0 bridgehead atoms. The van der Waals surface area contributed by atoms with Crippen LogP contribution in [0, 0.1) is 11.8 Å². The van der Waals surface area contributed by atoms with Gasteiger partial charge in [0.2, 0.25) is 0 Å². The molecule has 7 heteroatoms. The van der Waals surface area contributed by atoms with Crippen LogP contribution >= 0.6 is 0 Å². The Hall–Kier alpha value is -2.31. The quantitative estimate of drug-likeness (QED) is 0.688. The molecule has 2 heterocycles. The first-order valence-electron chi connectivity index (χ1n) is 10.8. The highest BCUT2D eigenvalue weighted by Crippen LogP contribution is 2.31. The summed E-state index contributed by atoms with van der Waals surface area (Å²) in [5.41, 5.74) is 1.58. The van der Waals surface area contributed by atoms with E-state index >= 15 is 0 Å². The number of hydrogen-bond donors (Lipinski definition) is 0. The molecule has 0 amide bonds. The number of methoxy groups -OCH3 is 1. The summed E-state index contributed by atoms with van der Waals surface area (Å²) in [4.78, 5) is 31.4. The van der Waals surface area contributed by atoms with Crippen molar-refractivity contribution in [1.82, 2.24) is 14.1 Å². The van der Waals surface area contributed by atoms with Crippen LogP contribution < -0.4 is 10.6 Å². The van der Waals surface area contributed by atoms with Gasteiger partial charge < -0.3 is 9.64 Å². The molecular formula is C22H36N4O3. The van der Waals surface area contributed by atoms with Gasteiger partial charge in [0, 0.05) is 27.2 Å². The molecule has 7 nitrogen and oxygen atoms in total. The minimum absolute atomic E-state index is 0.00269. The SMILES string of the molecule is CC.CCCN(C)c1ccc2c(n1)n(CC1CCC(C(=O)OC)CC1)c(=O)n2C. The van der Waals surface area contributed by atoms with Crippen LogP contribution in [0.4, 0.5) is 5.82 Å². The summed E-state index contributed by atoms with van der Waals surface area (Å²) in [5, 5.41) is 0. The third kappa shape index (κ3) is 5.00.